The van der Waals surface area contributed by atoms with E-state index in [0.717, 1.165) is 12.8 Å². The van der Waals surface area contributed by atoms with Crippen LogP contribution < -0.4 is 11.5 Å². The molecule has 4 nitrogen and oxygen atoms in total. The van der Waals surface area contributed by atoms with Crippen LogP contribution in [0.5, 0.6) is 0 Å². The molecular weight excluding hydrogens is 235 g/mol. The van der Waals surface area contributed by atoms with Crippen LogP contribution in [0, 0.1) is 5.92 Å². The highest BCUT2D eigenvalue weighted by molar-refractivity contribution is 5.75. The van der Waals surface area contributed by atoms with Gasteiger partial charge in [-0.2, -0.15) is 13.2 Å². The van der Waals surface area contributed by atoms with Gasteiger partial charge >= 0.3 is 6.18 Å². The number of hydrogen-bond acceptors (Lipinski definition) is 3. The van der Waals surface area contributed by atoms with Gasteiger partial charge < -0.3 is 11.5 Å². The van der Waals surface area contributed by atoms with E-state index in [4.69, 9.17) is 11.5 Å². The second-order valence-corrected chi connectivity index (χ2v) is 4.03. The molecule has 0 radical (unpaired) electrons. The number of rotatable bonds is 8. The van der Waals surface area contributed by atoms with Gasteiger partial charge in [0.1, 0.15) is 0 Å². The third-order valence-electron chi connectivity index (χ3n) is 2.43. The molecule has 4 N–H and O–H groups in total. The number of nitrogens with zero attached hydrogens (tertiary/aromatic N) is 1. The summed E-state index contributed by atoms with van der Waals surface area (Å²) in [6.07, 6.45) is -2.77. The number of hydrogen-bond donors (Lipinski definition) is 2. The lowest BCUT2D eigenvalue weighted by Crippen LogP contribution is -2.44. The molecule has 0 aliphatic carbocycles. The maximum Gasteiger partial charge on any atom is 0.394 e. The lowest BCUT2D eigenvalue weighted by molar-refractivity contribution is -0.176. The van der Waals surface area contributed by atoms with E-state index in [1.807, 2.05) is 6.92 Å². The Kier molecular flexibility index (Phi) is 7.13. The van der Waals surface area contributed by atoms with Gasteiger partial charge in [-0.05, 0) is 13.0 Å². The van der Waals surface area contributed by atoms with Crippen LogP contribution in [-0.4, -0.2) is 43.2 Å². The van der Waals surface area contributed by atoms with Gasteiger partial charge in [0.05, 0.1) is 12.5 Å². The smallest absolute Gasteiger partial charge is 0.369 e. The van der Waals surface area contributed by atoms with E-state index in [-0.39, 0.29) is 13.1 Å². The molecule has 0 fully saturated rings. The lowest BCUT2D eigenvalue weighted by Gasteiger charge is -2.27. The molecule has 0 aliphatic rings. The molecule has 102 valence electrons. The fourth-order valence-electron chi connectivity index (χ4n) is 1.46. The van der Waals surface area contributed by atoms with Crippen LogP contribution in [0.15, 0.2) is 0 Å². The largest absolute Gasteiger partial charge is 0.394 e. The molecule has 1 unspecified atom stereocenters. The van der Waals surface area contributed by atoms with Crippen LogP contribution in [0.4, 0.5) is 13.2 Å². The van der Waals surface area contributed by atoms with Gasteiger partial charge in [-0.25, -0.2) is 0 Å². The molecule has 0 aliphatic heterocycles. The molecule has 0 spiro atoms. The van der Waals surface area contributed by atoms with Crippen LogP contribution in [0.3, 0.4) is 0 Å². The molecular formula is C10H20F3N3O. The first-order valence-corrected chi connectivity index (χ1v) is 5.58. The van der Waals surface area contributed by atoms with Gasteiger partial charge in [0, 0.05) is 13.1 Å². The minimum absolute atomic E-state index is 0.160. The van der Waals surface area contributed by atoms with Crippen molar-refractivity contribution in [2.75, 3.05) is 26.2 Å². The van der Waals surface area contributed by atoms with Crippen LogP contribution in [0.1, 0.15) is 19.8 Å². The number of carbonyl (C=O) groups is 1. The van der Waals surface area contributed by atoms with Gasteiger partial charge in [0.2, 0.25) is 5.91 Å². The highest BCUT2D eigenvalue weighted by Gasteiger charge is 2.39. The number of halogens is 3. The van der Waals surface area contributed by atoms with Crippen LogP contribution in [-0.2, 0) is 4.79 Å². The van der Waals surface area contributed by atoms with Crippen LogP contribution in [0.25, 0.3) is 0 Å². The normalized spacial score (nSPS) is 14.0. The molecule has 1 amide bonds. The number of nitrogens with two attached hydrogens (primary N) is 2. The minimum Gasteiger partial charge on any atom is -0.369 e. The number of alkyl halides is 3. The second kappa shape index (κ2) is 7.50. The first kappa shape index (κ1) is 16.2. The summed E-state index contributed by atoms with van der Waals surface area (Å²) >= 11 is 0. The van der Waals surface area contributed by atoms with Crippen molar-refractivity contribution in [1.29, 1.82) is 0 Å². The molecule has 0 aromatic rings. The monoisotopic (exact) mass is 255 g/mol. The first-order chi connectivity index (χ1) is 7.81. The van der Waals surface area contributed by atoms with Crippen molar-refractivity contribution in [3.63, 3.8) is 0 Å². The van der Waals surface area contributed by atoms with Crippen LogP contribution >= 0.6 is 0 Å². The van der Waals surface area contributed by atoms with Crippen molar-refractivity contribution in [3.8, 4) is 0 Å². The quantitative estimate of drug-likeness (QED) is 0.671. The predicted octanol–water partition coefficient (Wildman–Crippen LogP) is 0.711. The summed E-state index contributed by atoms with van der Waals surface area (Å²) in [5.41, 5.74) is 10.1. The zero-order valence-electron chi connectivity index (χ0n) is 9.96. The highest BCUT2D eigenvalue weighted by Crippen LogP contribution is 2.26. The van der Waals surface area contributed by atoms with Crippen molar-refractivity contribution in [2.45, 2.75) is 25.9 Å². The Morgan fingerprint density at radius 2 is 2.00 bits per heavy atom. The van der Waals surface area contributed by atoms with Gasteiger partial charge in [-0.15, -0.1) is 0 Å². The van der Waals surface area contributed by atoms with E-state index < -0.39 is 24.5 Å². The van der Waals surface area contributed by atoms with E-state index in [1.54, 1.807) is 0 Å². The molecule has 1 atom stereocenters. The molecule has 0 aromatic carbocycles. The average Bonchev–Trinajstić information content (AvgIpc) is 2.19. The van der Waals surface area contributed by atoms with Gasteiger partial charge in [0.25, 0.3) is 0 Å². The topological polar surface area (TPSA) is 72.3 Å². The predicted molar refractivity (Wildman–Crippen MR) is 59.1 cm³/mol. The molecule has 17 heavy (non-hydrogen) atoms. The third kappa shape index (κ3) is 7.17. The van der Waals surface area contributed by atoms with Crippen molar-refractivity contribution in [3.05, 3.63) is 0 Å². The van der Waals surface area contributed by atoms with Crippen molar-refractivity contribution in [2.24, 2.45) is 17.4 Å². The molecule has 0 saturated heterocycles. The molecule has 0 bridgehead atoms. The van der Waals surface area contributed by atoms with Crippen molar-refractivity contribution < 1.29 is 18.0 Å². The molecule has 0 rings (SSSR count). The average molecular weight is 255 g/mol. The maximum absolute atomic E-state index is 12.5. The summed E-state index contributed by atoms with van der Waals surface area (Å²) < 4.78 is 37.6. The molecule has 0 saturated carbocycles. The zero-order valence-corrected chi connectivity index (χ0v) is 9.96. The van der Waals surface area contributed by atoms with Crippen molar-refractivity contribution in [1.82, 2.24) is 4.90 Å². The number of amides is 1. The summed E-state index contributed by atoms with van der Waals surface area (Å²) in [4.78, 5) is 12.2. The molecule has 0 aromatic heterocycles. The van der Waals surface area contributed by atoms with E-state index in [9.17, 15) is 18.0 Å². The summed E-state index contributed by atoms with van der Waals surface area (Å²) in [6, 6.07) is 0. The van der Waals surface area contributed by atoms with Gasteiger partial charge in [-0.1, -0.05) is 13.3 Å². The zero-order chi connectivity index (χ0) is 13.5. The number of primary amides is 1. The Labute approximate surface area is 99.1 Å². The molecule has 0 heterocycles. The fourth-order valence-corrected chi connectivity index (χ4v) is 1.46. The van der Waals surface area contributed by atoms with E-state index in [1.165, 1.54) is 4.90 Å². The van der Waals surface area contributed by atoms with Crippen LogP contribution in [0.2, 0.25) is 0 Å². The third-order valence-corrected chi connectivity index (χ3v) is 2.43. The summed E-state index contributed by atoms with van der Waals surface area (Å²) in [5, 5.41) is 0. The number of unbranched alkanes of at least 4 members (excludes halogenated alkanes) is 1. The molecule has 7 heteroatoms. The Bertz CT molecular complexity index is 233. The SMILES string of the molecule is CCCCN(CC(N)=O)CC(CN)C(F)(F)F. The Morgan fingerprint density at radius 3 is 2.35 bits per heavy atom. The highest BCUT2D eigenvalue weighted by atomic mass is 19.4. The number of carbonyl (C=O) groups excluding carboxylic acids is 1. The fraction of sp³-hybridized carbons (Fsp3) is 0.900. The Balaban J connectivity index is 4.42. The van der Waals surface area contributed by atoms with E-state index in [2.05, 4.69) is 0 Å². The summed E-state index contributed by atoms with van der Waals surface area (Å²) in [7, 11) is 0. The van der Waals surface area contributed by atoms with Gasteiger partial charge in [-0.3, -0.25) is 9.69 Å². The Morgan fingerprint density at radius 1 is 1.41 bits per heavy atom. The first-order valence-electron chi connectivity index (χ1n) is 5.58. The van der Waals surface area contributed by atoms with Crippen molar-refractivity contribution >= 4 is 5.91 Å². The van der Waals surface area contributed by atoms with E-state index >= 15 is 0 Å². The second-order valence-electron chi connectivity index (χ2n) is 4.03. The minimum atomic E-state index is -4.34. The standard InChI is InChI=1S/C10H20F3N3O/c1-2-3-4-16(7-9(15)17)6-8(5-14)10(11,12)13/h8H,2-7,14H2,1H3,(H2,15,17). The summed E-state index contributed by atoms with van der Waals surface area (Å²) in [5.74, 6) is -2.24. The lowest BCUT2D eigenvalue weighted by atomic mass is 10.1. The summed E-state index contributed by atoms with van der Waals surface area (Å²) in [6.45, 7) is 1.43. The van der Waals surface area contributed by atoms with E-state index in [0.29, 0.717) is 6.54 Å². The van der Waals surface area contributed by atoms with Gasteiger partial charge in [0.15, 0.2) is 0 Å². The Hall–Kier alpha value is -0.820. The maximum atomic E-state index is 12.5.